The molecule has 136 valence electrons. The third-order valence-corrected chi connectivity index (χ3v) is 4.41. The minimum atomic E-state index is -0.356. The smallest absolute Gasteiger partial charge is 0.257 e. The fourth-order valence-corrected chi connectivity index (χ4v) is 2.91. The second-order valence-corrected chi connectivity index (χ2v) is 6.38. The average molecular weight is 379 g/mol. The molecule has 0 aliphatic rings. The van der Waals surface area contributed by atoms with Gasteiger partial charge in [-0.15, -0.1) is 0 Å². The van der Waals surface area contributed by atoms with E-state index in [2.05, 4.69) is 10.6 Å². The SMILES string of the molecule is O=C(Nc1ccccc1C(=O)NCCc1ccccc1)c1ccccc1Cl. The van der Waals surface area contributed by atoms with Crippen LogP contribution in [0.25, 0.3) is 0 Å². The van der Waals surface area contributed by atoms with Gasteiger partial charge >= 0.3 is 0 Å². The van der Waals surface area contributed by atoms with Crippen LogP contribution in [0, 0.1) is 0 Å². The number of benzene rings is 3. The Balaban J connectivity index is 1.67. The zero-order valence-electron chi connectivity index (χ0n) is 14.6. The molecule has 3 aromatic carbocycles. The van der Waals surface area contributed by atoms with Crippen molar-refractivity contribution in [2.45, 2.75) is 6.42 Å². The standard InChI is InChI=1S/C22H19ClN2O2/c23-19-12-6-4-10-17(19)22(27)25-20-13-7-5-11-18(20)21(26)24-15-14-16-8-2-1-3-9-16/h1-13H,14-15H2,(H,24,26)(H,25,27). The van der Waals surface area contributed by atoms with E-state index in [4.69, 9.17) is 11.6 Å². The summed E-state index contributed by atoms with van der Waals surface area (Å²) in [5.41, 5.74) is 2.36. The van der Waals surface area contributed by atoms with Gasteiger partial charge in [-0.1, -0.05) is 66.2 Å². The van der Waals surface area contributed by atoms with Crippen molar-refractivity contribution in [1.82, 2.24) is 5.32 Å². The highest BCUT2D eigenvalue weighted by Crippen LogP contribution is 2.20. The van der Waals surface area contributed by atoms with E-state index in [1.165, 1.54) is 0 Å². The van der Waals surface area contributed by atoms with Crippen LogP contribution in [0.4, 0.5) is 5.69 Å². The van der Waals surface area contributed by atoms with Gasteiger partial charge in [0.05, 0.1) is 21.8 Å². The molecule has 0 unspecified atom stereocenters. The van der Waals surface area contributed by atoms with Crippen molar-refractivity contribution in [1.29, 1.82) is 0 Å². The number of anilines is 1. The van der Waals surface area contributed by atoms with Crippen molar-refractivity contribution in [3.05, 3.63) is 101 Å². The number of halogens is 1. The van der Waals surface area contributed by atoms with Gasteiger partial charge in [-0.25, -0.2) is 0 Å². The molecule has 0 saturated heterocycles. The summed E-state index contributed by atoms with van der Waals surface area (Å²) in [6.45, 7) is 0.510. The zero-order valence-corrected chi connectivity index (χ0v) is 15.4. The Morgan fingerprint density at radius 2 is 1.37 bits per heavy atom. The van der Waals surface area contributed by atoms with Gasteiger partial charge in [0, 0.05) is 6.54 Å². The Hall–Kier alpha value is -3.11. The highest BCUT2D eigenvalue weighted by molar-refractivity contribution is 6.34. The van der Waals surface area contributed by atoms with E-state index < -0.39 is 0 Å². The van der Waals surface area contributed by atoms with Crippen LogP contribution in [0.5, 0.6) is 0 Å². The number of carbonyl (C=O) groups is 2. The molecule has 0 aliphatic heterocycles. The van der Waals surface area contributed by atoms with E-state index in [0.717, 1.165) is 12.0 Å². The summed E-state index contributed by atoms with van der Waals surface area (Å²) in [7, 11) is 0. The predicted molar refractivity (Wildman–Crippen MR) is 108 cm³/mol. The van der Waals surface area contributed by atoms with Crippen molar-refractivity contribution in [3.8, 4) is 0 Å². The number of para-hydroxylation sites is 1. The monoisotopic (exact) mass is 378 g/mol. The summed E-state index contributed by atoms with van der Waals surface area (Å²) in [6.07, 6.45) is 0.737. The number of carbonyl (C=O) groups excluding carboxylic acids is 2. The first-order valence-corrected chi connectivity index (χ1v) is 9.00. The van der Waals surface area contributed by atoms with Gasteiger partial charge in [-0.3, -0.25) is 9.59 Å². The van der Waals surface area contributed by atoms with Crippen LogP contribution in [0.15, 0.2) is 78.9 Å². The molecule has 0 heterocycles. The van der Waals surface area contributed by atoms with Crippen molar-refractivity contribution in [3.63, 3.8) is 0 Å². The van der Waals surface area contributed by atoms with E-state index >= 15 is 0 Å². The highest BCUT2D eigenvalue weighted by Gasteiger charge is 2.15. The Labute approximate surface area is 163 Å². The molecular weight excluding hydrogens is 360 g/mol. The fraction of sp³-hybridized carbons (Fsp3) is 0.0909. The average Bonchev–Trinajstić information content (AvgIpc) is 2.69. The van der Waals surface area contributed by atoms with Crippen molar-refractivity contribution in [2.24, 2.45) is 0 Å². The Morgan fingerprint density at radius 1 is 0.741 bits per heavy atom. The quantitative estimate of drug-likeness (QED) is 0.660. The second-order valence-electron chi connectivity index (χ2n) is 5.97. The Bertz CT molecular complexity index is 942. The topological polar surface area (TPSA) is 58.2 Å². The highest BCUT2D eigenvalue weighted by atomic mass is 35.5. The molecule has 27 heavy (non-hydrogen) atoms. The number of hydrogen-bond donors (Lipinski definition) is 2. The van der Waals surface area contributed by atoms with Crippen molar-refractivity contribution < 1.29 is 9.59 Å². The Kier molecular flexibility index (Phi) is 6.23. The maximum Gasteiger partial charge on any atom is 0.257 e. The van der Waals surface area contributed by atoms with E-state index in [1.54, 1.807) is 48.5 Å². The molecule has 4 nitrogen and oxygen atoms in total. The minimum absolute atomic E-state index is 0.235. The predicted octanol–water partition coefficient (Wildman–Crippen LogP) is 4.56. The van der Waals surface area contributed by atoms with Gasteiger partial charge in [0.25, 0.3) is 11.8 Å². The molecule has 5 heteroatoms. The Morgan fingerprint density at radius 3 is 2.11 bits per heavy atom. The number of nitrogens with one attached hydrogen (secondary N) is 2. The van der Waals surface area contributed by atoms with Crippen molar-refractivity contribution >= 4 is 29.1 Å². The maximum atomic E-state index is 12.6. The molecule has 0 atom stereocenters. The second kappa shape index (κ2) is 9.01. The number of hydrogen-bond acceptors (Lipinski definition) is 2. The molecule has 0 aliphatic carbocycles. The lowest BCUT2D eigenvalue weighted by molar-refractivity contribution is 0.0955. The van der Waals surface area contributed by atoms with Crippen LogP contribution in [0.1, 0.15) is 26.3 Å². The van der Waals surface area contributed by atoms with Crippen LogP contribution >= 0.6 is 11.6 Å². The molecule has 0 fully saturated rings. The van der Waals surface area contributed by atoms with E-state index in [-0.39, 0.29) is 11.8 Å². The lowest BCUT2D eigenvalue weighted by Gasteiger charge is -2.12. The van der Waals surface area contributed by atoms with Gasteiger partial charge in [-0.2, -0.15) is 0 Å². The normalized spacial score (nSPS) is 10.3. The molecule has 3 aromatic rings. The van der Waals surface area contributed by atoms with Gasteiger partial charge in [0.1, 0.15) is 0 Å². The summed E-state index contributed by atoms with van der Waals surface area (Å²) in [5, 5.41) is 6.03. The molecular formula is C22H19ClN2O2. The first-order valence-electron chi connectivity index (χ1n) is 8.62. The largest absolute Gasteiger partial charge is 0.352 e. The molecule has 0 aromatic heterocycles. The minimum Gasteiger partial charge on any atom is -0.352 e. The lowest BCUT2D eigenvalue weighted by atomic mass is 10.1. The maximum absolute atomic E-state index is 12.6. The molecule has 2 N–H and O–H groups in total. The number of rotatable bonds is 6. The third kappa shape index (κ3) is 4.96. The molecule has 0 spiro atoms. The first-order chi connectivity index (χ1) is 13.1. The van der Waals surface area contributed by atoms with Crippen molar-refractivity contribution in [2.75, 3.05) is 11.9 Å². The molecule has 3 rings (SSSR count). The molecule has 0 bridgehead atoms. The fourth-order valence-electron chi connectivity index (χ4n) is 2.69. The first kappa shape index (κ1) is 18.7. The van der Waals surface area contributed by atoms with E-state index in [9.17, 15) is 9.59 Å². The molecule has 2 amide bonds. The summed E-state index contributed by atoms with van der Waals surface area (Å²) >= 11 is 6.07. The van der Waals surface area contributed by atoms with Crippen LogP contribution in [0.2, 0.25) is 5.02 Å². The number of amides is 2. The third-order valence-electron chi connectivity index (χ3n) is 4.08. The van der Waals surface area contributed by atoms with Crippen LogP contribution in [-0.4, -0.2) is 18.4 Å². The van der Waals surface area contributed by atoms with Gasteiger partial charge in [-0.05, 0) is 36.2 Å². The van der Waals surface area contributed by atoms with Gasteiger partial charge < -0.3 is 10.6 Å². The van der Waals surface area contributed by atoms with Crippen LogP contribution in [-0.2, 0) is 6.42 Å². The lowest BCUT2D eigenvalue weighted by Crippen LogP contribution is -2.27. The molecule has 0 saturated carbocycles. The van der Waals surface area contributed by atoms with Crippen LogP contribution < -0.4 is 10.6 Å². The van der Waals surface area contributed by atoms with E-state index in [0.29, 0.717) is 28.4 Å². The zero-order chi connectivity index (χ0) is 19.1. The summed E-state index contributed by atoms with van der Waals surface area (Å²) in [4.78, 5) is 25.0. The van der Waals surface area contributed by atoms with Crippen LogP contribution in [0.3, 0.4) is 0 Å². The van der Waals surface area contributed by atoms with E-state index in [1.807, 2.05) is 30.3 Å². The van der Waals surface area contributed by atoms with Gasteiger partial charge in [0.2, 0.25) is 0 Å². The van der Waals surface area contributed by atoms with Gasteiger partial charge in [0.15, 0.2) is 0 Å². The summed E-state index contributed by atoms with van der Waals surface area (Å²) in [6, 6.07) is 23.6. The summed E-state index contributed by atoms with van der Waals surface area (Å²) < 4.78 is 0. The summed E-state index contributed by atoms with van der Waals surface area (Å²) in [5.74, 6) is -0.592. The molecule has 0 radical (unpaired) electrons.